The van der Waals surface area contributed by atoms with Gasteiger partial charge in [-0.2, -0.15) is 0 Å². The number of thiophene rings is 1. The monoisotopic (exact) mass is 511 g/mol. The zero-order valence-electron chi connectivity index (χ0n) is 20.2. The Kier molecular flexibility index (Phi) is 5.53. The van der Waals surface area contributed by atoms with Gasteiger partial charge in [-0.3, -0.25) is 4.57 Å². The highest BCUT2D eigenvalue weighted by Crippen LogP contribution is 2.35. The fraction of sp³-hybridized carbons (Fsp3) is 0. The summed E-state index contributed by atoms with van der Waals surface area (Å²) >= 11 is 1.69. The second kappa shape index (κ2) is 9.46. The molecule has 0 saturated heterocycles. The van der Waals surface area contributed by atoms with E-state index in [1.165, 1.54) is 4.70 Å². The van der Waals surface area contributed by atoms with Crippen molar-refractivity contribution < 1.29 is 4.74 Å². The molecule has 0 spiro atoms. The molecule has 0 aliphatic rings. The summed E-state index contributed by atoms with van der Waals surface area (Å²) in [5, 5.41) is 6.73. The van der Waals surface area contributed by atoms with Crippen LogP contribution in [0.15, 0.2) is 121 Å². The molecular weight excluding hydrogens is 490 g/mol. The second-order valence-electron chi connectivity index (χ2n) is 8.73. The highest BCUT2D eigenvalue weighted by Gasteiger charge is 2.18. The minimum atomic E-state index is 0.645. The van der Waals surface area contributed by atoms with E-state index in [1.807, 2.05) is 95.6 Å². The molecule has 182 valence electrons. The first-order valence-electron chi connectivity index (χ1n) is 12.2. The summed E-state index contributed by atoms with van der Waals surface area (Å²) in [6, 6.07) is 36.0. The molecule has 38 heavy (non-hydrogen) atoms. The third kappa shape index (κ3) is 4.15. The minimum Gasteiger partial charge on any atom is -0.457 e. The Morgan fingerprint density at radius 1 is 0.711 bits per heavy atom. The van der Waals surface area contributed by atoms with Gasteiger partial charge in [-0.15, -0.1) is 11.3 Å². The Balaban J connectivity index is 1.31. The average Bonchev–Trinajstić information content (AvgIpc) is 3.60. The number of ether oxygens (including phenoxy) is 1. The summed E-state index contributed by atoms with van der Waals surface area (Å²) in [6.07, 6.45) is 1.80. The number of imidazole rings is 1. The molecule has 3 heterocycles. The molecule has 0 bridgehead atoms. The van der Waals surface area contributed by atoms with Gasteiger partial charge in [0.15, 0.2) is 22.8 Å². The van der Waals surface area contributed by atoms with E-state index in [9.17, 15) is 0 Å². The third-order valence-electron chi connectivity index (χ3n) is 6.25. The zero-order valence-corrected chi connectivity index (χ0v) is 21.0. The number of nitrogens with one attached hydrogen (secondary N) is 1. The van der Waals surface area contributed by atoms with E-state index in [4.69, 9.17) is 19.7 Å². The van der Waals surface area contributed by atoms with E-state index in [2.05, 4.69) is 28.9 Å². The smallest absolute Gasteiger partial charge is 0.170 e. The van der Waals surface area contributed by atoms with Gasteiger partial charge in [-0.1, -0.05) is 54.6 Å². The van der Waals surface area contributed by atoms with Crippen LogP contribution in [0, 0.1) is 0 Å². The van der Waals surface area contributed by atoms with Crippen LogP contribution in [-0.2, 0) is 0 Å². The molecule has 4 aromatic carbocycles. The number of para-hydroxylation sites is 2. The Bertz CT molecular complexity index is 1860. The summed E-state index contributed by atoms with van der Waals surface area (Å²) in [7, 11) is 0. The molecule has 7 heteroatoms. The largest absolute Gasteiger partial charge is 0.457 e. The fourth-order valence-corrected chi connectivity index (χ4v) is 5.34. The molecular formula is C31H21N5OS. The first-order chi connectivity index (χ1) is 18.8. The van der Waals surface area contributed by atoms with Crippen LogP contribution in [0.5, 0.6) is 11.5 Å². The van der Waals surface area contributed by atoms with E-state index in [1.54, 1.807) is 17.7 Å². The maximum Gasteiger partial charge on any atom is 0.170 e. The lowest BCUT2D eigenvalue weighted by Crippen LogP contribution is -2.01. The summed E-state index contributed by atoms with van der Waals surface area (Å²) in [5.74, 6) is 2.85. The second-order valence-corrected chi connectivity index (χ2v) is 9.64. The van der Waals surface area contributed by atoms with Crippen LogP contribution >= 0.6 is 11.3 Å². The summed E-state index contributed by atoms with van der Waals surface area (Å²) < 4.78 is 9.14. The lowest BCUT2D eigenvalue weighted by molar-refractivity contribution is 0.483. The highest BCUT2D eigenvalue weighted by molar-refractivity contribution is 7.17. The van der Waals surface area contributed by atoms with E-state index in [0.29, 0.717) is 17.2 Å². The van der Waals surface area contributed by atoms with E-state index >= 15 is 0 Å². The van der Waals surface area contributed by atoms with Gasteiger partial charge >= 0.3 is 0 Å². The molecule has 3 aromatic heterocycles. The van der Waals surface area contributed by atoms with Crippen molar-refractivity contribution >= 4 is 44.1 Å². The van der Waals surface area contributed by atoms with Crippen molar-refractivity contribution in [1.29, 1.82) is 0 Å². The lowest BCUT2D eigenvalue weighted by atomic mass is 10.1. The normalized spacial score (nSPS) is 11.2. The summed E-state index contributed by atoms with van der Waals surface area (Å²) in [6.45, 7) is 0. The molecule has 0 amide bonds. The Hall–Kier alpha value is -5.01. The van der Waals surface area contributed by atoms with Crippen molar-refractivity contribution in [2.24, 2.45) is 0 Å². The van der Waals surface area contributed by atoms with Gasteiger partial charge in [0.05, 0.1) is 0 Å². The van der Waals surface area contributed by atoms with Crippen molar-refractivity contribution in [1.82, 2.24) is 19.5 Å². The third-order valence-corrected chi connectivity index (χ3v) is 7.21. The molecule has 0 fully saturated rings. The van der Waals surface area contributed by atoms with Crippen LogP contribution in [0.3, 0.4) is 0 Å². The molecule has 0 aliphatic heterocycles. The van der Waals surface area contributed by atoms with Crippen molar-refractivity contribution in [3.05, 3.63) is 121 Å². The van der Waals surface area contributed by atoms with Crippen LogP contribution in [0.4, 0.5) is 11.5 Å². The first-order valence-corrected chi connectivity index (χ1v) is 13.1. The molecule has 7 aromatic rings. The number of anilines is 2. The van der Waals surface area contributed by atoms with E-state index in [0.717, 1.165) is 39.5 Å². The molecule has 0 aliphatic carbocycles. The van der Waals surface area contributed by atoms with Gasteiger partial charge in [0.2, 0.25) is 0 Å². The van der Waals surface area contributed by atoms with Gasteiger partial charge < -0.3 is 10.1 Å². The number of rotatable bonds is 6. The zero-order chi connectivity index (χ0) is 25.3. The van der Waals surface area contributed by atoms with Gasteiger partial charge in [0.1, 0.15) is 17.8 Å². The van der Waals surface area contributed by atoms with Gasteiger partial charge in [-0.05, 0) is 54.6 Å². The fourth-order valence-electron chi connectivity index (χ4n) is 4.40. The standard InChI is InChI=1S/C31H21N5OS/c1-3-9-22(10-4-1)36-20-32-28-30(33-21-15-17-24(18-16-21)37-23-11-5-2-6-12-23)34-29(35-31(28)36)26-19-38-27-14-8-7-13-25(26)27/h1-20H,(H,33,34,35). The molecule has 0 radical (unpaired) electrons. The molecule has 1 N–H and O–H groups in total. The number of fused-ring (bicyclic) bond motifs is 2. The van der Waals surface area contributed by atoms with E-state index in [-0.39, 0.29) is 0 Å². The van der Waals surface area contributed by atoms with Crippen LogP contribution in [-0.4, -0.2) is 19.5 Å². The number of aromatic nitrogens is 4. The van der Waals surface area contributed by atoms with Crippen LogP contribution in [0.25, 0.3) is 38.3 Å². The molecule has 0 atom stereocenters. The summed E-state index contributed by atoms with van der Waals surface area (Å²) in [4.78, 5) is 14.7. The molecule has 0 unspecified atom stereocenters. The maximum atomic E-state index is 5.95. The predicted molar refractivity (Wildman–Crippen MR) is 154 cm³/mol. The number of hydrogen-bond donors (Lipinski definition) is 1. The lowest BCUT2D eigenvalue weighted by Gasteiger charge is -2.11. The van der Waals surface area contributed by atoms with E-state index < -0.39 is 0 Å². The van der Waals surface area contributed by atoms with Gasteiger partial charge in [0.25, 0.3) is 0 Å². The average molecular weight is 512 g/mol. The number of benzene rings is 4. The molecule has 0 saturated carbocycles. The van der Waals surface area contributed by atoms with Crippen molar-refractivity contribution in [3.63, 3.8) is 0 Å². The summed E-state index contributed by atoms with van der Waals surface area (Å²) in [5.41, 5.74) is 4.30. The predicted octanol–water partition coefficient (Wildman–Crippen LogP) is 8.23. The van der Waals surface area contributed by atoms with Gasteiger partial charge in [-0.25, -0.2) is 15.0 Å². The van der Waals surface area contributed by atoms with Crippen molar-refractivity contribution in [2.75, 3.05) is 5.32 Å². The maximum absolute atomic E-state index is 5.95. The Labute approximate surface area is 222 Å². The Morgan fingerprint density at radius 3 is 2.24 bits per heavy atom. The molecule has 7 rings (SSSR count). The van der Waals surface area contributed by atoms with Crippen molar-refractivity contribution in [3.8, 4) is 28.6 Å². The van der Waals surface area contributed by atoms with Crippen molar-refractivity contribution in [2.45, 2.75) is 0 Å². The van der Waals surface area contributed by atoms with Crippen LogP contribution in [0.2, 0.25) is 0 Å². The topological polar surface area (TPSA) is 64.9 Å². The van der Waals surface area contributed by atoms with Crippen LogP contribution in [0.1, 0.15) is 0 Å². The number of hydrogen-bond acceptors (Lipinski definition) is 6. The first kappa shape index (κ1) is 22.2. The number of nitrogens with zero attached hydrogens (tertiary/aromatic N) is 4. The highest BCUT2D eigenvalue weighted by atomic mass is 32.1. The molecule has 6 nitrogen and oxygen atoms in total. The Morgan fingerprint density at radius 2 is 1.42 bits per heavy atom. The minimum absolute atomic E-state index is 0.645. The van der Waals surface area contributed by atoms with Gasteiger partial charge in [0, 0.05) is 32.4 Å². The quantitative estimate of drug-likeness (QED) is 0.244. The van der Waals surface area contributed by atoms with Crippen LogP contribution < -0.4 is 10.1 Å². The SMILES string of the molecule is c1ccc(Oc2ccc(Nc3nc(-c4csc5ccccc45)nc4c3ncn4-c3ccccc3)cc2)cc1.